The van der Waals surface area contributed by atoms with E-state index in [1.165, 1.54) is 6.07 Å². The summed E-state index contributed by atoms with van der Waals surface area (Å²) in [4.78, 5) is 14.8. The van der Waals surface area contributed by atoms with Gasteiger partial charge in [-0.25, -0.2) is 14.4 Å². The maximum absolute atomic E-state index is 15.3. The summed E-state index contributed by atoms with van der Waals surface area (Å²) in [5, 5.41) is 22.4. The number of aliphatic hydroxyl groups excluding tert-OH is 1. The highest BCUT2D eigenvalue weighted by Crippen LogP contribution is 2.60. The van der Waals surface area contributed by atoms with Gasteiger partial charge in [0.25, 0.3) is 0 Å². The van der Waals surface area contributed by atoms with E-state index < -0.39 is 10.8 Å². The monoisotopic (exact) mass is 530 g/mol. The van der Waals surface area contributed by atoms with Crippen molar-refractivity contribution in [1.82, 2.24) is 15.0 Å². The summed E-state index contributed by atoms with van der Waals surface area (Å²) in [7, 11) is 0. The predicted octanol–water partition coefficient (Wildman–Crippen LogP) is 8.03. The molecular weight excluding hydrogens is 499 g/mol. The molecular formula is C34H31FN4O. The van der Waals surface area contributed by atoms with Gasteiger partial charge in [-0.3, -0.25) is 4.98 Å². The Bertz CT molecular complexity index is 1760. The molecule has 0 radical (unpaired) electrons. The van der Waals surface area contributed by atoms with E-state index in [4.69, 9.17) is 9.97 Å². The Labute approximate surface area is 233 Å². The molecule has 0 aliphatic heterocycles. The molecule has 200 valence electrons. The third kappa shape index (κ3) is 3.83. The molecule has 2 aliphatic carbocycles. The number of para-hydroxylation sites is 1. The van der Waals surface area contributed by atoms with Crippen molar-refractivity contribution in [2.45, 2.75) is 51.9 Å². The molecule has 0 saturated heterocycles. The molecule has 0 spiro atoms. The van der Waals surface area contributed by atoms with Crippen molar-refractivity contribution in [1.29, 1.82) is 5.26 Å². The molecule has 0 unspecified atom stereocenters. The van der Waals surface area contributed by atoms with E-state index in [-0.39, 0.29) is 17.5 Å². The van der Waals surface area contributed by atoms with E-state index in [1.807, 2.05) is 50.2 Å². The Morgan fingerprint density at radius 1 is 1.10 bits per heavy atom. The molecule has 2 aliphatic rings. The maximum atomic E-state index is 15.3. The summed E-state index contributed by atoms with van der Waals surface area (Å²) >= 11 is 0. The molecule has 0 saturated carbocycles. The van der Waals surface area contributed by atoms with Gasteiger partial charge < -0.3 is 5.11 Å². The average molecular weight is 531 g/mol. The van der Waals surface area contributed by atoms with Gasteiger partial charge in [-0.05, 0) is 62.8 Å². The van der Waals surface area contributed by atoms with Crippen LogP contribution < -0.4 is 0 Å². The minimum atomic E-state index is -0.672. The summed E-state index contributed by atoms with van der Waals surface area (Å²) in [6, 6.07) is 18.7. The average Bonchev–Trinajstić information content (AvgIpc) is 2.94. The van der Waals surface area contributed by atoms with E-state index in [2.05, 4.69) is 24.6 Å². The topological polar surface area (TPSA) is 82.7 Å². The van der Waals surface area contributed by atoms with Crippen molar-refractivity contribution in [3.8, 4) is 28.7 Å². The first kappa shape index (κ1) is 25.9. The smallest absolute Gasteiger partial charge is 0.160 e. The Morgan fingerprint density at radius 3 is 2.60 bits per heavy atom. The SMILES string of the molecule is C=C(C)C[C@@]1(C)C(O)=C(C#N)C[C@@]2(C)c3nc(-c4ccnc5ccccc45)nc(-c4ccccc4F)c3CC[C@H]12. The number of halogens is 1. The van der Waals surface area contributed by atoms with Crippen molar-refractivity contribution in [3.63, 3.8) is 0 Å². The van der Waals surface area contributed by atoms with E-state index >= 15 is 4.39 Å². The number of nitriles is 1. The van der Waals surface area contributed by atoms with Crippen LogP contribution in [-0.4, -0.2) is 20.1 Å². The second-order valence-electron chi connectivity index (χ2n) is 11.8. The normalized spacial score (nSPS) is 23.8. The molecule has 2 heterocycles. The van der Waals surface area contributed by atoms with E-state index in [0.29, 0.717) is 41.9 Å². The van der Waals surface area contributed by atoms with Crippen LogP contribution in [0.1, 0.15) is 51.3 Å². The second kappa shape index (κ2) is 9.38. The van der Waals surface area contributed by atoms with E-state index in [1.54, 1.807) is 18.3 Å². The van der Waals surface area contributed by atoms with Gasteiger partial charge in [-0.15, -0.1) is 6.58 Å². The van der Waals surface area contributed by atoms with Gasteiger partial charge in [-0.2, -0.15) is 5.26 Å². The molecule has 3 atom stereocenters. The van der Waals surface area contributed by atoms with Crippen LogP contribution in [0.2, 0.25) is 0 Å². The van der Waals surface area contributed by atoms with Crippen LogP contribution >= 0.6 is 0 Å². The highest BCUT2D eigenvalue weighted by Gasteiger charge is 2.56. The summed E-state index contributed by atoms with van der Waals surface area (Å²) in [6.07, 6.45) is 4.04. The van der Waals surface area contributed by atoms with Gasteiger partial charge in [0.1, 0.15) is 11.6 Å². The van der Waals surface area contributed by atoms with Crippen LogP contribution in [0.4, 0.5) is 4.39 Å². The highest BCUT2D eigenvalue weighted by atomic mass is 19.1. The van der Waals surface area contributed by atoms with E-state index in [9.17, 15) is 10.4 Å². The summed E-state index contributed by atoms with van der Waals surface area (Å²) in [5.74, 6) is 0.308. The lowest BCUT2D eigenvalue weighted by Gasteiger charge is -2.54. The Balaban J connectivity index is 1.67. The van der Waals surface area contributed by atoms with Gasteiger partial charge in [0, 0.05) is 39.1 Å². The molecule has 5 nitrogen and oxygen atoms in total. The number of benzene rings is 2. The lowest BCUT2D eigenvalue weighted by atomic mass is 9.50. The fourth-order valence-corrected chi connectivity index (χ4v) is 7.37. The van der Waals surface area contributed by atoms with Crippen molar-refractivity contribution in [2.75, 3.05) is 0 Å². The number of hydrogen-bond donors (Lipinski definition) is 1. The number of allylic oxidation sites excluding steroid dienone is 3. The first-order valence-corrected chi connectivity index (χ1v) is 13.6. The maximum Gasteiger partial charge on any atom is 0.160 e. The highest BCUT2D eigenvalue weighted by molar-refractivity contribution is 5.92. The second-order valence-corrected chi connectivity index (χ2v) is 11.8. The molecule has 2 aromatic carbocycles. The standard InChI is InChI=1S/C34H31FN4O/c1-20(2)17-34(4)28-14-13-25-29(24-10-5-7-11-26(24)35)38-32(23-15-16-37-27-12-8-6-9-22(23)27)39-30(25)33(28,3)18-21(19-36)31(34)40/h5-12,15-16,28,40H,1,13-14,17-18H2,2-4H3/t28-,33+,34+/m0/s1. The fraction of sp³-hybridized carbons (Fsp3) is 0.294. The van der Waals surface area contributed by atoms with Crippen molar-refractivity contribution in [2.24, 2.45) is 11.3 Å². The zero-order valence-electron chi connectivity index (χ0n) is 23.0. The quantitative estimate of drug-likeness (QED) is 0.270. The molecule has 4 aromatic rings. The minimum Gasteiger partial charge on any atom is -0.511 e. The predicted molar refractivity (Wildman–Crippen MR) is 155 cm³/mol. The van der Waals surface area contributed by atoms with Crippen LogP contribution in [0.5, 0.6) is 0 Å². The van der Waals surface area contributed by atoms with Gasteiger partial charge in [-0.1, -0.05) is 49.8 Å². The molecule has 0 amide bonds. The van der Waals surface area contributed by atoms with Gasteiger partial charge in [0.2, 0.25) is 0 Å². The van der Waals surface area contributed by atoms with Gasteiger partial charge in [0.05, 0.1) is 28.5 Å². The Hall–Kier alpha value is -4.37. The molecule has 2 aromatic heterocycles. The van der Waals surface area contributed by atoms with Crippen molar-refractivity contribution >= 4 is 10.9 Å². The molecule has 0 bridgehead atoms. The van der Waals surface area contributed by atoms with Crippen molar-refractivity contribution < 1.29 is 9.50 Å². The Morgan fingerprint density at radius 2 is 1.85 bits per heavy atom. The minimum absolute atomic E-state index is 0.00768. The number of aromatic nitrogens is 3. The third-order valence-electron chi connectivity index (χ3n) is 8.96. The molecule has 40 heavy (non-hydrogen) atoms. The van der Waals surface area contributed by atoms with Crippen LogP contribution in [-0.2, 0) is 11.8 Å². The lowest BCUT2D eigenvalue weighted by Crippen LogP contribution is -2.51. The summed E-state index contributed by atoms with van der Waals surface area (Å²) in [5.41, 5.74) is 4.44. The number of hydrogen-bond acceptors (Lipinski definition) is 5. The number of rotatable bonds is 4. The zero-order valence-corrected chi connectivity index (χ0v) is 23.0. The number of pyridine rings is 1. The summed E-state index contributed by atoms with van der Waals surface area (Å²) in [6.45, 7) is 10.3. The van der Waals surface area contributed by atoms with Gasteiger partial charge in [0.15, 0.2) is 5.82 Å². The van der Waals surface area contributed by atoms with Crippen LogP contribution in [0, 0.1) is 28.5 Å². The number of aliphatic hydroxyl groups is 1. The number of nitrogens with zero attached hydrogens (tertiary/aromatic N) is 4. The third-order valence-corrected chi connectivity index (χ3v) is 8.96. The number of fused-ring (bicyclic) bond motifs is 4. The van der Waals surface area contributed by atoms with Crippen LogP contribution in [0.3, 0.4) is 0 Å². The Kier molecular flexibility index (Phi) is 6.07. The lowest BCUT2D eigenvalue weighted by molar-refractivity contribution is 0.0488. The van der Waals surface area contributed by atoms with E-state index in [0.717, 1.165) is 39.7 Å². The largest absolute Gasteiger partial charge is 0.511 e. The first-order valence-electron chi connectivity index (χ1n) is 13.6. The van der Waals surface area contributed by atoms with Crippen LogP contribution in [0.15, 0.2) is 84.3 Å². The molecule has 6 rings (SSSR count). The molecule has 1 N–H and O–H groups in total. The summed E-state index contributed by atoms with van der Waals surface area (Å²) < 4.78 is 15.3. The van der Waals surface area contributed by atoms with Gasteiger partial charge >= 0.3 is 0 Å². The van der Waals surface area contributed by atoms with Crippen LogP contribution in [0.25, 0.3) is 33.5 Å². The molecule has 6 heteroatoms. The zero-order chi connectivity index (χ0) is 28.2. The first-order chi connectivity index (χ1) is 19.2. The fourth-order valence-electron chi connectivity index (χ4n) is 7.37. The van der Waals surface area contributed by atoms with Crippen molar-refractivity contribution in [3.05, 3.63) is 101 Å². The molecule has 0 fully saturated rings.